The molecule has 1 aromatic carbocycles. The Balaban J connectivity index is 1.89. The largest absolute Gasteiger partial charge is 0.361 e. The standard InChI is InChI=1S/C18H25NO3/c1-13(2)11-15(17(21)18(3)12-22-18)19-16(20)10-9-14-7-5-4-6-8-14/h4-8,13,15H,9-12H2,1-3H3,(H,19,20)/t15?,18-/m1/s1. The Morgan fingerprint density at radius 2 is 1.91 bits per heavy atom. The number of ketones is 1. The zero-order chi connectivity index (χ0) is 16.2. The molecule has 4 nitrogen and oxygen atoms in total. The van der Waals surface area contributed by atoms with Gasteiger partial charge in [0.2, 0.25) is 5.91 Å². The lowest BCUT2D eigenvalue weighted by atomic mass is 9.93. The summed E-state index contributed by atoms with van der Waals surface area (Å²) in [7, 11) is 0. The predicted octanol–water partition coefficient (Wildman–Crippen LogP) is 2.51. The molecule has 0 aliphatic carbocycles. The van der Waals surface area contributed by atoms with E-state index in [1.807, 2.05) is 44.2 Å². The van der Waals surface area contributed by atoms with Gasteiger partial charge in [-0.2, -0.15) is 0 Å². The predicted molar refractivity (Wildman–Crippen MR) is 85.5 cm³/mol. The first-order valence-electron chi connectivity index (χ1n) is 7.92. The highest BCUT2D eigenvalue weighted by Gasteiger charge is 2.49. The van der Waals surface area contributed by atoms with Crippen molar-refractivity contribution in [2.45, 2.75) is 51.7 Å². The lowest BCUT2D eigenvalue weighted by Gasteiger charge is -2.21. The second-order valence-electron chi connectivity index (χ2n) is 6.62. The number of hydrogen-bond donors (Lipinski definition) is 1. The minimum atomic E-state index is -0.688. The molecule has 2 rings (SSSR count). The van der Waals surface area contributed by atoms with Gasteiger partial charge < -0.3 is 10.1 Å². The summed E-state index contributed by atoms with van der Waals surface area (Å²) in [6.07, 6.45) is 1.72. The Morgan fingerprint density at radius 3 is 2.45 bits per heavy atom. The molecule has 0 bridgehead atoms. The molecule has 2 atom stereocenters. The number of nitrogens with one attached hydrogen (secondary N) is 1. The third-order valence-corrected chi connectivity index (χ3v) is 3.94. The van der Waals surface area contributed by atoms with Crippen molar-refractivity contribution in [1.82, 2.24) is 5.32 Å². The van der Waals surface area contributed by atoms with Crippen LogP contribution in [0.4, 0.5) is 0 Å². The summed E-state index contributed by atoms with van der Waals surface area (Å²) in [5, 5.41) is 2.90. The summed E-state index contributed by atoms with van der Waals surface area (Å²) in [6, 6.07) is 9.44. The average molecular weight is 303 g/mol. The van der Waals surface area contributed by atoms with Gasteiger partial charge in [-0.25, -0.2) is 0 Å². The second-order valence-corrected chi connectivity index (χ2v) is 6.62. The van der Waals surface area contributed by atoms with Gasteiger partial charge in [-0.15, -0.1) is 0 Å². The highest BCUT2D eigenvalue weighted by Crippen LogP contribution is 2.29. The van der Waals surface area contributed by atoms with Gasteiger partial charge >= 0.3 is 0 Å². The number of Topliss-reactive ketones (excluding diaryl/α,β-unsaturated/α-hetero) is 1. The van der Waals surface area contributed by atoms with E-state index in [2.05, 4.69) is 5.32 Å². The number of ether oxygens (including phenoxy) is 1. The topological polar surface area (TPSA) is 58.7 Å². The van der Waals surface area contributed by atoms with Gasteiger partial charge in [0.05, 0.1) is 12.6 Å². The van der Waals surface area contributed by atoms with Crippen molar-refractivity contribution in [3.63, 3.8) is 0 Å². The molecule has 1 fully saturated rings. The number of amides is 1. The van der Waals surface area contributed by atoms with Gasteiger partial charge in [0.1, 0.15) is 5.60 Å². The number of carbonyl (C=O) groups is 2. The van der Waals surface area contributed by atoms with E-state index in [-0.39, 0.29) is 11.7 Å². The number of rotatable bonds is 8. The summed E-state index contributed by atoms with van der Waals surface area (Å²) in [5.41, 5.74) is 0.439. The van der Waals surface area contributed by atoms with Gasteiger partial charge in [-0.1, -0.05) is 44.2 Å². The van der Waals surface area contributed by atoms with E-state index < -0.39 is 11.6 Å². The molecular weight excluding hydrogens is 278 g/mol. The van der Waals surface area contributed by atoms with E-state index in [0.29, 0.717) is 31.8 Å². The molecule has 1 heterocycles. The van der Waals surface area contributed by atoms with Crippen LogP contribution in [0.2, 0.25) is 0 Å². The maximum atomic E-state index is 12.4. The van der Waals surface area contributed by atoms with Crippen LogP contribution in [-0.4, -0.2) is 29.9 Å². The fourth-order valence-corrected chi connectivity index (χ4v) is 2.49. The summed E-state index contributed by atoms with van der Waals surface area (Å²) in [5.74, 6) is 0.257. The minimum Gasteiger partial charge on any atom is -0.361 e. The quantitative estimate of drug-likeness (QED) is 0.751. The third-order valence-electron chi connectivity index (χ3n) is 3.94. The molecule has 1 aliphatic rings. The van der Waals surface area contributed by atoms with Crippen LogP contribution in [0, 0.1) is 5.92 Å². The van der Waals surface area contributed by atoms with Gasteiger partial charge in [0, 0.05) is 6.42 Å². The molecule has 22 heavy (non-hydrogen) atoms. The third kappa shape index (κ3) is 4.67. The van der Waals surface area contributed by atoms with E-state index >= 15 is 0 Å². The molecule has 4 heteroatoms. The Bertz CT molecular complexity index is 520. The Labute approximate surface area is 132 Å². The van der Waals surface area contributed by atoms with Crippen LogP contribution >= 0.6 is 0 Å². The Kier molecular flexibility index (Phi) is 5.35. The van der Waals surface area contributed by atoms with E-state index in [0.717, 1.165) is 5.56 Å². The van der Waals surface area contributed by atoms with Crippen LogP contribution in [-0.2, 0) is 20.7 Å². The highest BCUT2D eigenvalue weighted by atomic mass is 16.6. The molecule has 1 amide bonds. The SMILES string of the molecule is CC(C)CC(NC(=O)CCc1ccccc1)C(=O)[C@@]1(C)CO1. The van der Waals surface area contributed by atoms with Crippen LogP contribution < -0.4 is 5.32 Å². The van der Waals surface area contributed by atoms with E-state index in [4.69, 9.17) is 4.74 Å². The number of carbonyl (C=O) groups excluding carboxylic acids is 2. The number of epoxide rings is 1. The van der Waals surface area contributed by atoms with Gasteiger partial charge in [-0.05, 0) is 31.2 Å². The molecule has 0 aromatic heterocycles. The highest BCUT2D eigenvalue weighted by molar-refractivity contribution is 5.96. The zero-order valence-corrected chi connectivity index (χ0v) is 13.6. The smallest absolute Gasteiger partial charge is 0.220 e. The number of benzene rings is 1. The van der Waals surface area contributed by atoms with Crippen LogP contribution in [0.25, 0.3) is 0 Å². The number of hydrogen-bond acceptors (Lipinski definition) is 3. The summed E-state index contributed by atoms with van der Waals surface area (Å²) in [6.45, 7) is 6.35. The van der Waals surface area contributed by atoms with Crippen molar-refractivity contribution in [3.05, 3.63) is 35.9 Å². The Morgan fingerprint density at radius 1 is 1.27 bits per heavy atom. The van der Waals surface area contributed by atoms with Gasteiger partial charge in [-0.3, -0.25) is 9.59 Å². The van der Waals surface area contributed by atoms with E-state index in [1.165, 1.54) is 0 Å². The van der Waals surface area contributed by atoms with Crippen molar-refractivity contribution in [2.75, 3.05) is 6.61 Å². The summed E-state index contributed by atoms with van der Waals surface area (Å²) >= 11 is 0. The monoisotopic (exact) mass is 303 g/mol. The fourth-order valence-electron chi connectivity index (χ4n) is 2.49. The van der Waals surface area contributed by atoms with E-state index in [1.54, 1.807) is 6.92 Å². The first-order valence-corrected chi connectivity index (χ1v) is 7.92. The number of aryl methyl sites for hydroxylation is 1. The van der Waals surface area contributed by atoms with Crippen LogP contribution in [0.5, 0.6) is 0 Å². The zero-order valence-electron chi connectivity index (χ0n) is 13.6. The minimum absolute atomic E-state index is 0.00531. The van der Waals surface area contributed by atoms with Crippen molar-refractivity contribution < 1.29 is 14.3 Å². The lowest BCUT2D eigenvalue weighted by Crippen LogP contribution is -2.46. The van der Waals surface area contributed by atoms with Crippen molar-refractivity contribution >= 4 is 11.7 Å². The summed E-state index contributed by atoms with van der Waals surface area (Å²) < 4.78 is 5.23. The molecule has 0 radical (unpaired) electrons. The van der Waals surface area contributed by atoms with Crippen molar-refractivity contribution in [1.29, 1.82) is 0 Å². The second kappa shape index (κ2) is 7.05. The molecule has 1 aliphatic heterocycles. The first-order chi connectivity index (χ1) is 10.4. The Hall–Kier alpha value is -1.68. The van der Waals surface area contributed by atoms with E-state index in [9.17, 15) is 9.59 Å². The van der Waals surface area contributed by atoms with Crippen LogP contribution in [0.1, 0.15) is 39.2 Å². The average Bonchev–Trinajstić information content (AvgIpc) is 3.23. The summed E-state index contributed by atoms with van der Waals surface area (Å²) in [4.78, 5) is 24.6. The molecule has 1 unspecified atom stereocenters. The van der Waals surface area contributed by atoms with Crippen molar-refractivity contribution in [2.24, 2.45) is 5.92 Å². The van der Waals surface area contributed by atoms with Crippen LogP contribution in [0.3, 0.4) is 0 Å². The molecular formula is C18H25NO3. The molecule has 0 saturated carbocycles. The normalized spacial score (nSPS) is 21.5. The van der Waals surface area contributed by atoms with Gasteiger partial charge in [0.15, 0.2) is 5.78 Å². The molecule has 120 valence electrons. The fraction of sp³-hybridized carbons (Fsp3) is 0.556. The molecule has 1 N–H and O–H groups in total. The first kappa shape index (κ1) is 16.7. The molecule has 1 aromatic rings. The van der Waals surface area contributed by atoms with Crippen LogP contribution in [0.15, 0.2) is 30.3 Å². The maximum Gasteiger partial charge on any atom is 0.220 e. The molecule has 0 spiro atoms. The van der Waals surface area contributed by atoms with Gasteiger partial charge in [0.25, 0.3) is 0 Å². The maximum absolute atomic E-state index is 12.4. The van der Waals surface area contributed by atoms with Crippen molar-refractivity contribution in [3.8, 4) is 0 Å². The molecule has 1 saturated heterocycles. The lowest BCUT2D eigenvalue weighted by molar-refractivity contribution is -0.130.